The summed E-state index contributed by atoms with van der Waals surface area (Å²) in [6.07, 6.45) is 4.35. The molecule has 0 saturated carbocycles. The first-order valence-electron chi connectivity index (χ1n) is 9.19. The van der Waals surface area contributed by atoms with Crippen molar-refractivity contribution in [2.24, 2.45) is 0 Å². The van der Waals surface area contributed by atoms with E-state index in [4.69, 9.17) is 21.1 Å². The summed E-state index contributed by atoms with van der Waals surface area (Å²) >= 11 is 6.24. The van der Waals surface area contributed by atoms with E-state index in [1.165, 1.54) is 0 Å². The van der Waals surface area contributed by atoms with Gasteiger partial charge in [-0.25, -0.2) is 4.68 Å². The number of ether oxygens (including phenoxy) is 2. The number of benzene rings is 1. The maximum atomic E-state index is 12.3. The van der Waals surface area contributed by atoms with Crippen LogP contribution in [0, 0.1) is 0 Å². The summed E-state index contributed by atoms with van der Waals surface area (Å²) in [5, 5.41) is 14.8. The molecule has 1 amide bonds. The third-order valence-corrected chi connectivity index (χ3v) is 5.06. The van der Waals surface area contributed by atoms with Crippen LogP contribution in [-0.4, -0.2) is 53.7 Å². The second kappa shape index (κ2) is 8.14. The van der Waals surface area contributed by atoms with E-state index >= 15 is 0 Å². The van der Waals surface area contributed by atoms with Gasteiger partial charge in [0, 0.05) is 6.54 Å². The van der Waals surface area contributed by atoms with Crippen molar-refractivity contribution in [1.29, 1.82) is 0 Å². The molecule has 3 heterocycles. The van der Waals surface area contributed by atoms with Gasteiger partial charge in [0.15, 0.2) is 17.2 Å². The smallest absolute Gasteiger partial charge is 0.273 e. The van der Waals surface area contributed by atoms with Crippen LogP contribution in [0.3, 0.4) is 0 Å². The van der Waals surface area contributed by atoms with E-state index in [1.54, 1.807) is 10.9 Å². The Hall–Kier alpha value is -2.32. The molecule has 0 bridgehead atoms. The Morgan fingerprint density at radius 1 is 1.30 bits per heavy atom. The first-order valence-corrected chi connectivity index (χ1v) is 9.57. The minimum absolute atomic E-state index is 0.223. The van der Waals surface area contributed by atoms with Gasteiger partial charge in [-0.15, -0.1) is 5.10 Å². The number of rotatable bonds is 5. The average molecular weight is 392 g/mol. The van der Waals surface area contributed by atoms with Gasteiger partial charge in [-0.3, -0.25) is 4.79 Å². The third-order valence-electron chi connectivity index (χ3n) is 4.78. The molecule has 27 heavy (non-hydrogen) atoms. The number of carbonyl (C=O) groups excluding carboxylic acids is 1. The van der Waals surface area contributed by atoms with Crippen molar-refractivity contribution in [3.63, 3.8) is 0 Å². The number of halogens is 1. The highest BCUT2D eigenvalue weighted by molar-refractivity contribution is 6.32. The van der Waals surface area contributed by atoms with Crippen molar-refractivity contribution in [3.8, 4) is 11.5 Å². The molecule has 0 radical (unpaired) electrons. The van der Waals surface area contributed by atoms with Gasteiger partial charge in [-0.1, -0.05) is 16.8 Å². The van der Waals surface area contributed by atoms with Crippen molar-refractivity contribution < 1.29 is 14.3 Å². The van der Waals surface area contributed by atoms with Gasteiger partial charge in [-0.05, 0) is 50.0 Å². The lowest BCUT2D eigenvalue weighted by atomic mass is 10.1. The van der Waals surface area contributed by atoms with E-state index in [1.807, 2.05) is 12.1 Å². The van der Waals surface area contributed by atoms with Crippen LogP contribution in [0.15, 0.2) is 18.3 Å². The highest BCUT2D eigenvalue weighted by Crippen LogP contribution is 2.38. The van der Waals surface area contributed by atoms with Gasteiger partial charge in [0.05, 0.1) is 17.3 Å². The Morgan fingerprint density at radius 3 is 2.96 bits per heavy atom. The largest absolute Gasteiger partial charge is 0.486 e. The van der Waals surface area contributed by atoms with Crippen LogP contribution in [0.4, 0.5) is 0 Å². The lowest BCUT2D eigenvalue weighted by molar-refractivity contribution is 0.0949. The third kappa shape index (κ3) is 4.17. The first-order chi connectivity index (χ1) is 13.2. The number of fused-ring (bicyclic) bond motifs is 1. The minimum atomic E-state index is -0.223. The molecule has 0 spiro atoms. The Kier molecular flexibility index (Phi) is 5.45. The number of hydrogen-bond acceptors (Lipinski definition) is 6. The van der Waals surface area contributed by atoms with E-state index in [0.717, 1.165) is 31.5 Å². The lowest BCUT2D eigenvalue weighted by Gasteiger charge is -2.22. The highest BCUT2D eigenvalue weighted by Gasteiger charge is 2.19. The Balaban J connectivity index is 1.32. The summed E-state index contributed by atoms with van der Waals surface area (Å²) in [5.74, 6) is 1.02. The van der Waals surface area contributed by atoms with Crippen molar-refractivity contribution in [2.45, 2.75) is 25.3 Å². The van der Waals surface area contributed by atoms with Gasteiger partial charge >= 0.3 is 0 Å². The number of carbonyl (C=O) groups is 1. The van der Waals surface area contributed by atoms with Crippen molar-refractivity contribution >= 4 is 17.5 Å². The van der Waals surface area contributed by atoms with Crippen LogP contribution in [0.25, 0.3) is 0 Å². The van der Waals surface area contributed by atoms with Gasteiger partial charge in [0.25, 0.3) is 5.91 Å². The Bertz CT molecular complexity index is 819. The van der Waals surface area contributed by atoms with Crippen LogP contribution in [-0.2, 0) is 6.42 Å². The Morgan fingerprint density at radius 2 is 2.11 bits per heavy atom. The van der Waals surface area contributed by atoms with Gasteiger partial charge < -0.3 is 20.1 Å². The summed E-state index contributed by atoms with van der Waals surface area (Å²) in [5.41, 5.74) is 1.32. The molecule has 0 atom stereocenters. The van der Waals surface area contributed by atoms with Crippen LogP contribution in [0.5, 0.6) is 11.5 Å². The molecule has 2 N–H and O–H groups in total. The summed E-state index contributed by atoms with van der Waals surface area (Å²) in [6, 6.07) is 4.05. The minimum Gasteiger partial charge on any atom is -0.486 e. The predicted octanol–water partition coefficient (Wildman–Crippen LogP) is 1.60. The number of amides is 1. The number of aromatic nitrogens is 3. The standard InChI is InChI=1S/C18H22ClN5O3/c19-14-9-12(10-16-17(14)27-8-7-26-16)1-6-21-18(25)15-11-24(23-22-15)13-2-4-20-5-3-13/h9-11,13,20H,1-8H2,(H,21,25). The molecule has 1 saturated heterocycles. The quantitative estimate of drug-likeness (QED) is 0.804. The summed E-state index contributed by atoms with van der Waals surface area (Å²) < 4.78 is 12.9. The molecule has 0 aliphatic carbocycles. The monoisotopic (exact) mass is 391 g/mol. The topological polar surface area (TPSA) is 90.3 Å². The zero-order valence-electron chi connectivity index (χ0n) is 14.9. The molecule has 8 nitrogen and oxygen atoms in total. The fraction of sp³-hybridized carbons (Fsp3) is 0.500. The molecule has 2 aliphatic heterocycles. The van der Waals surface area contributed by atoms with E-state index < -0.39 is 0 Å². The van der Waals surface area contributed by atoms with Crippen LogP contribution < -0.4 is 20.1 Å². The summed E-state index contributed by atoms with van der Waals surface area (Å²) in [7, 11) is 0. The maximum absolute atomic E-state index is 12.3. The molecule has 2 aromatic rings. The number of hydrogen-bond donors (Lipinski definition) is 2. The normalized spacial score (nSPS) is 16.9. The zero-order chi connectivity index (χ0) is 18.6. The number of nitrogens with one attached hydrogen (secondary N) is 2. The molecule has 1 fully saturated rings. The molecule has 4 rings (SSSR count). The summed E-state index contributed by atoms with van der Waals surface area (Å²) in [6.45, 7) is 3.40. The predicted molar refractivity (Wildman–Crippen MR) is 99.6 cm³/mol. The lowest BCUT2D eigenvalue weighted by Crippen LogP contribution is -2.29. The van der Waals surface area contributed by atoms with Gasteiger partial charge in [0.2, 0.25) is 0 Å². The van der Waals surface area contributed by atoms with E-state index in [9.17, 15) is 4.79 Å². The SMILES string of the molecule is O=C(NCCc1cc(Cl)c2c(c1)OCCO2)c1cn(C2CCNCC2)nn1. The average Bonchev–Trinajstić information content (AvgIpc) is 3.19. The molecule has 1 aromatic heterocycles. The Labute approximate surface area is 162 Å². The fourth-order valence-electron chi connectivity index (χ4n) is 3.35. The molecular weight excluding hydrogens is 370 g/mol. The maximum Gasteiger partial charge on any atom is 0.273 e. The molecule has 1 aromatic carbocycles. The molecule has 144 valence electrons. The van der Waals surface area contributed by atoms with E-state index in [0.29, 0.717) is 54.4 Å². The molecule has 9 heteroatoms. The zero-order valence-corrected chi connectivity index (χ0v) is 15.7. The van der Waals surface area contributed by atoms with Crippen LogP contribution >= 0.6 is 11.6 Å². The second-order valence-corrected chi connectivity index (χ2v) is 7.08. The molecule has 0 unspecified atom stereocenters. The van der Waals surface area contributed by atoms with Gasteiger partial charge in [-0.2, -0.15) is 0 Å². The molecule has 2 aliphatic rings. The van der Waals surface area contributed by atoms with Crippen LogP contribution in [0.2, 0.25) is 5.02 Å². The van der Waals surface area contributed by atoms with Crippen molar-refractivity contribution in [2.75, 3.05) is 32.8 Å². The number of nitrogens with zero attached hydrogens (tertiary/aromatic N) is 3. The number of piperidine rings is 1. The summed E-state index contributed by atoms with van der Waals surface area (Å²) in [4.78, 5) is 12.3. The first kappa shape index (κ1) is 18.1. The van der Waals surface area contributed by atoms with Crippen LogP contribution in [0.1, 0.15) is 34.9 Å². The van der Waals surface area contributed by atoms with E-state index in [-0.39, 0.29) is 5.91 Å². The van der Waals surface area contributed by atoms with Crippen molar-refractivity contribution in [3.05, 3.63) is 34.6 Å². The molecular formula is C18H22ClN5O3. The van der Waals surface area contributed by atoms with Crippen molar-refractivity contribution in [1.82, 2.24) is 25.6 Å². The highest BCUT2D eigenvalue weighted by atomic mass is 35.5. The second-order valence-electron chi connectivity index (χ2n) is 6.67. The fourth-order valence-corrected chi connectivity index (χ4v) is 3.64. The van der Waals surface area contributed by atoms with Gasteiger partial charge in [0.1, 0.15) is 13.2 Å². The van der Waals surface area contributed by atoms with E-state index in [2.05, 4.69) is 20.9 Å².